The van der Waals surface area contributed by atoms with Gasteiger partial charge in [0.25, 0.3) is 0 Å². The molecular weight excluding hydrogens is 350 g/mol. The van der Waals surface area contributed by atoms with Crippen molar-refractivity contribution in [1.82, 2.24) is 5.32 Å². The minimum Gasteiger partial charge on any atom is -0.493 e. The maximum absolute atomic E-state index is 11.9. The average molecular weight is 378 g/mol. The van der Waals surface area contributed by atoms with Crippen LogP contribution in [0.15, 0.2) is 48.5 Å². The van der Waals surface area contributed by atoms with Crippen LogP contribution in [0.25, 0.3) is 0 Å². The van der Waals surface area contributed by atoms with Gasteiger partial charge >= 0.3 is 0 Å². The second kappa shape index (κ2) is 9.59. The normalized spacial score (nSPS) is 12.6. The van der Waals surface area contributed by atoms with E-state index in [2.05, 4.69) is 17.4 Å². The summed E-state index contributed by atoms with van der Waals surface area (Å²) in [6.45, 7) is 3.09. The van der Waals surface area contributed by atoms with E-state index >= 15 is 0 Å². The summed E-state index contributed by atoms with van der Waals surface area (Å²) in [5.74, 6) is 1.29. The average Bonchev–Trinajstić information content (AvgIpc) is 2.61. The van der Waals surface area contributed by atoms with Crippen LogP contribution in [0.4, 0.5) is 0 Å². The molecule has 0 aliphatic heterocycles. The van der Waals surface area contributed by atoms with Crippen molar-refractivity contribution in [2.45, 2.75) is 19.4 Å². The van der Waals surface area contributed by atoms with Gasteiger partial charge in [-0.3, -0.25) is 0 Å². The van der Waals surface area contributed by atoms with Gasteiger partial charge in [0.1, 0.15) is 9.84 Å². The van der Waals surface area contributed by atoms with Gasteiger partial charge in [-0.2, -0.15) is 0 Å². The number of hydrogen-bond donors (Lipinski definition) is 1. The molecule has 1 atom stereocenters. The molecule has 0 saturated heterocycles. The van der Waals surface area contributed by atoms with Crippen LogP contribution in [0.1, 0.15) is 24.1 Å². The molecule has 142 valence electrons. The van der Waals surface area contributed by atoms with Crippen molar-refractivity contribution in [1.29, 1.82) is 0 Å². The molecule has 2 aromatic rings. The molecule has 0 saturated carbocycles. The van der Waals surface area contributed by atoms with E-state index in [-0.39, 0.29) is 11.8 Å². The first-order chi connectivity index (χ1) is 12.4. The van der Waals surface area contributed by atoms with Crippen molar-refractivity contribution in [2.24, 2.45) is 0 Å². The summed E-state index contributed by atoms with van der Waals surface area (Å²) in [6, 6.07) is 15.4. The first-order valence-electron chi connectivity index (χ1n) is 8.68. The predicted molar refractivity (Wildman–Crippen MR) is 105 cm³/mol. The number of hydrogen-bond acceptors (Lipinski definition) is 5. The van der Waals surface area contributed by atoms with Crippen molar-refractivity contribution in [3.8, 4) is 11.5 Å². The van der Waals surface area contributed by atoms with Gasteiger partial charge in [0.15, 0.2) is 11.5 Å². The van der Waals surface area contributed by atoms with Gasteiger partial charge in [-0.1, -0.05) is 36.4 Å². The molecule has 1 unspecified atom stereocenters. The number of nitrogens with one attached hydrogen (secondary N) is 1. The van der Waals surface area contributed by atoms with Gasteiger partial charge in [0, 0.05) is 12.3 Å². The number of sulfone groups is 1. The molecule has 0 aliphatic carbocycles. The molecule has 0 radical (unpaired) electrons. The van der Waals surface area contributed by atoms with Gasteiger partial charge in [0.2, 0.25) is 0 Å². The molecule has 5 nitrogen and oxygen atoms in total. The minimum absolute atomic E-state index is 0.0275. The fourth-order valence-corrected chi connectivity index (χ4v) is 3.71. The smallest absolute Gasteiger partial charge is 0.161 e. The zero-order valence-electron chi connectivity index (χ0n) is 15.6. The molecule has 0 aliphatic rings. The molecule has 0 fully saturated rings. The minimum atomic E-state index is -3.14. The van der Waals surface area contributed by atoms with Gasteiger partial charge in [-0.25, -0.2) is 8.42 Å². The lowest BCUT2D eigenvalue weighted by atomic mass is 10.1. The largest absolute Gasteiger partial charge is 0.493 e. The third kappa shape index (κ3) is 6.35. The number of rotatable bonds is 10. The first kappa shape index (κ1) is 20.3. The standard InChI is InChI=1S/C20H27NO4S/c1-4-25-20-14-17(10-11-19(20)24-2)18(15-26(3,22)23)21-13-12-16-8-6-5-7-9-16/h5-11,14,18,21H,4,12-13,15H2,1-3H3. The SMILES string of the molecule is CCOc1cc(C(CS(C)(=O)=O)NCCc2ccccc2)ccc1OC. The van der Waals surface area contributed by atoms with Crippen molar-refractivity contribution in [3.05, 3.63) is 59.7 Å². The summed E-state index contributed by atoms with van der Waals surface area (Å²) in [5, 5.41) is 3.37. The van der Waals surface area contributed by atoms with E-state index in [4.69, 9.17) is 9.47 Å². The number of methoxy groups -OCH3 is 1. The molecule has 26 heavy (non-hydrogen) atoms. The molecule has 6 heteroatoms. The molecule has 0 spiro atoms. The Labute approximate surface area is 156 Å². The molecular formula is C20H27NO4S. The van der Waals surface area contributed by atoms with Crippen molar-refractivity contribution < 1.29 is 17.9 Å². The van der Waals surface area contributed by atoms with Crippen LogP contribution in [0.2, 0.25) is 0 Å². The van der Waals surface area contributed by atoms with E-state index in [1.54, 1.807) is 7.11 Å². The maximum atomic E-state index is 11.9. The quantitative estimate of drug-likeness (QED) is 0.689. The molecule has 2 aromatic carbocycles. The highest BCUT2D eigenvalue weighted by atomic mass is 32.2. The van der Waals surface area contributed by atoms with Crippen LogP contribution in [0, 0.1) is 0 Å². The number of ether oxygens (including phenoxy) is 2. The molecule has 0 aromatic heterocycles. The fraction of sp³-hybridized carbons (Fsp3) is 0.400. The highest BCUT2D eigenvalue weighted by molar-refractivity contribution is 7.90. The van der Waals surface area contributed by atoms with Crippen molar-refractivity contribution in [2.75, 3.05) is 32.3 Å². The van der Waals surface area contributed by atoms with Crippen molar-refractivity contribution in [3.63, 3.8) is 0 Å². The van der Waals surface area contributed by atoms with Gasteiger partial charge < -0.3 is 14.8 Å². The lowest BCUT2D eigenvalue weighted by Crippen LogP contribution is -2.29. The maximum Gasteiger partial charge on any atom is 0.161 e. The number of benzene rings is 2. The summed E-state index contributed by atoms with van der Waals surface area (Å²) < 4.78 is 34.7. The summed E-state index contributed by atoms with van der Waals surface area (Å²) in [5.41, 5.74) is 2.08. The topological polar surface area (TPSA) is 64.6 Å². The Morgan fingerprint density at radius 3 is 2.42 bits per heavy atom. The van der Waals surface area contributed by atoms with Crippen LogP contribution < -0.4 is 14.8 Å². The second-order valence-electron chi connectivity index (χ2n) is 6.18. The molecule has 0 heterocycles. The predicted octanol–water partition coefficient (Wildman–Crippen LogP) is 3.01. The van der Waals surface area contributed by atoms with E-state index in [1.807, 2.05) is 43.3 Å². The van der Waals surface area contributed by atoms with Crippen LogP contribution >= 0.6 is 0 Å². The zero-order chi connectivity index (χ0) is 19.0. The van der Waals surface area contributed by atoms with E-state index in [0.717, 1.165) is 12.0 Å². The van der Waals surface area contributed by atoms with E-state index in [9.17, 15) is 8.42 Å². The Morgan fingerprint density at radius 1 is 1.08 bits per heavy atom. The van der Waals surface area contributed by atoms with Crippen molar-refractivity contribution >= 4 is 9.84 Å². The molecule has 1 N–H and O–H groups in total. The lowest BCUT2D eigenvalue weighted by Gasteiger charge is -2.20. The third-order valence-corrected chi connectivity index (χ3v) is 4.95. The lowest BCUT2D eigenvalue weighted by molar-refractivity contribution is 0.310. The Morgan fingerprint density at radius 2 is 1.81 bits per heavy atom. The Balaban J connectivity index is 2.17. The summed E-state index contributed by atoms with van der Waals surface area (Å²) in [6.07, 6.45) is 2.08. The Hall–Kier alpha value is -2.05. The van der Waals surface area contributed by atoms with E-state index in [0.29, 0.717) is 24.7 Å². The Bertz CT molecular complexity index is 791. The van der Waals surface area contributed by atoms with Crippen LogP contribution in [-0.2, 0) is 16.3 Å². The zero-order valence-corrected chi connectivity index (χ0v) is 16.4. The summed E-state index contributed by atoms with van der Waals surface area (Å²) in [7, 11) is -1.55. The van der Waals surface area contributed by atoms with Gasteiger partial charge in [-0.15, -0.1) is 0 Å². The molecule has 0 bridgehead atoms. The first-order valence-corrected chi connectivity index (χ1v) is 10.7. The monoisotopic (exact) mass is 377 g/mol. The van der Waals surface area contributed by atoms with Gasteiger partial charge in [0.05, 0.1) is 19.5 Å². The van der Waals surface area contributed by atoms with Gasteiger partial charge in [-0.05, 0) is 43.1 Å². The highest BCUT2D eigenvalue weighted by Gasteiger charge is 2.19. The highest BCUT2D eigenvalue weighted by Crippen LogP contribution is 2.30. The fourth-order valence-electron chi connectivity index (χ4n) is 2.79. The molecule has 2 rings (SSSR count). The van der Waals surface area contributed by atoms with Crippen LogP contribution in [0.5, 0.6) is 11.5 Å². The molecule has 0 amide bonds. The Kier molecular flexibility index (Phi) is 7.48. The van der Waals surface area contributed by atoms with Crippen LogP contribution in [-0.4, -0.2) is 40.7 Å². The summed E-state index contributed by atoms with van der Waals surface area (Å²) >= 11 is 0. The van der Waals surface area contributed by atoms with E-state index in [1.165, 1.54) is 11.8 Å². The summed E-state index contributed by atoms with van der Waals surface area (Å²) in [4.78, 5) is 0. The third-order valence-electron chi connectivity index (χ3n) is 4.01. The second-order valence-corrected chi connectivity index (χ2v) is 8.36. The van der Waals surface area contributed by atoms with E-state index < -0.39 is 9.84 Å². The van der Waals surface area contributed by atoms with Crippen LogP contribution in [0.3, 0.4) is 0 Å².